The Labute approximate surface area is 182 Å². The summed E-state index contributed by atoms with van der Waals surface area (Å²) in [4.78, 5) is 24.2. The Hall–Kier alpha value is -3.27. The number of nitrogens with zero attached hydrogens (tertiary/aromatic N) is 1. The van der Waals surface area contributed by atoms with E-state index in [2.05, 4.69) is 5.32 Å². The molecule has 168 valence electrons. The summed E-state index contributed by atoms with van der Waals surface area (Å²) in [6.07, 6.45) is 0.998. The number of hydrogen-bond donors (Lipinski definition) is 1. The minimum Gasteiger partial charge on any atom is -0.493 e. The summed E-state index contributed by atoms with van der Waals surface area (Å²) < 4.78 is 41.5. The van der Waals surface area contributed by atoms with E-state index in [1.54, 1.807) is 24.3 Å². The van der Waals surface area contributed by atoms with Crippen molar-refractivity contribution in [2.75, 3.05) is 38.4 Å². The van der Waals surface area contributed by atoms with E-state index in [0.29, 0.717) is 28.4 Å². The molecule has 1 amide bonds. The Morgan fingerprint density at radius 3 is 2.23 bits per heavy atom. The first-order valence-electron chi connectivity index (χ1n) is 9.25. The van der Waals surface area contributed by atoms with Crippen molar-refractivity contribution in [1.29, 1.82) is 0 Å². The monoisotopic (exact) mass is 450 g/mol. The van der Waals surface area contributed by atoms with Crippen LogP contribution in [0.1, 0.15) is 22.8 Å². The number of sulfonamides is 1. The third-order valence-electron chi connectivity index (χ3n) is 4.49. The molecule has 0 heterocycles. The van der Waals surface area contributed by atoms with Gasteiger partial charge >= 0.3 is 0 Å². The summed E-state index contributed by atoms with van der Waals surface area (Å²) in [7, 11) is 0.671. The summed E-state index contributed by atoms with van der Waals surface area (Å²) in [6, 6.07) is 9.50. The van der Waals surface area contributed by atoms with Crippen molar-refractivity contribution in [3.63, 3.8) is 0 Å². The number of ether oxygens (including phenoxy) is 3. The SMILES string of the molecule is COc1ccc(CNC(=O)CN(c2cccc(C(C)=O)c2)S(C)(=O)=O)c(OC)c1OC. The highest BCUT2D eigenvalue weighted by molar-refractivity contribution is 7.92. The largest absolute Gasteiger partial charge is 0.493 e. The van der Waals surface area contributed by atoms with Gasteiger partial charge < -0.3 is 19.5 Å². The summed E-state index contributed by atoms with van der Waals surface area (Å²) >= 11 is 0. The van der Waals surface area contributed by atoms with Gasteiger partial charge in [0.2, 0.25) is 21.7 Å². The van der Waals surface area contributed by atoms with Crippen LogP contribution in [0.25, 0.3) is 0 Å². The van der Waals surface area contributed by atoms with Crippen molar-refractivity contribution in [2.45, 2.75) is 13.5 Å². The average Bonchev–Trinajstić information content (AvgIpc) is 2.74. The van der Waals surface area contributed by atoms with Gasteiger partial charge in [0, 0.05) is 17.7 Å². The molecule has 10 heteroatoms. The Kier molecular flexibility index (Phi) is 7.87. The van der Waals surface area contributed by atoms with Crippen LogP contribution in [-0.4, -0.2) is 54.2 Å². The van der Waals surface area contributed by atoms with Crippen molar-refractivity contribution in [3.8, 4) is 17.2 Å². The second-order valence-electron chi connectivity index (χ2n) is 6.65. The van der Waals surface area contributed by atoms with Gasteiger partial charge in [-0.2, -0.15) is 0 Å². The van der Waals surface area contributed by atoms with E-state index in [1.807, 2.05) is 0 Å². The van der Waals surface area contributed by atoms with Crippen molar-refractivity contribution < 1.29 is 32.2 Å². The van der Waals surface area contributed by atoms with Crippen molar-refractivity contribution in [2.24, 2.45) is 0 Å². The molecule has 2 aromatic carbocycles. The molecule has 0 radical (unpaired) electrons. The minimum absolute atomic E-state index is 0.0768. The third-order valence-corrected chi connectivity index (χ3v) is 5.63. The Balaban J connectivity index is 2.22. The van der Waals surface area contributed by atoms with Gasteiger partial charge in [-0.3, -0.25) is 13.9 Å². The van der Waals surface area contributed by atoms with Gasteiger partial charge in [0.15, 0.2) is 17.3 Å². The van der Waals surface area contributed by atoms with E-state index in [4.69, 9.17) is 14.2 Å². The molecular weight excluding hydrogens is 424 g/mol. The molecule has 0 atom stereocenters. The fourth-order valence-corrected chi connectivity index (χ4v) is 3.81. The Morgan fingerprint density at radius 1 is 1.00 bits per heavy atom. The zero-order valence-electron chi connectivity index (χ0n) is 18.1. The summed E-state index contributed by atoms with van der Waals surface area (Å²) in [6.45, 7) is 1.01. The number of rotatable bonds is 10. The molecule has 0 spiro atoms. The van der Waals surface area contributed by atoms with Gasteiger partial charge in [0.25, 0.3) is 0 Å². The molecule has 0 aromatic heterocycles. The van der Waals surface area contributed by atoms with Gasteiger partial charge in [-0.15, -0.1) is 0 Å². The molecule has 0 aliphatic rings. The van der Waals surface area contributed by atoms with Crippen LogP contribution in [0, 0.1) is 0 Å². The summed E-state index contributed by atoms with van der Waals surface area (Å²) in [5, 5.41) is 2.68. The van der Waals surface area contributed by atoms with Gasteiger partial charge in [-0.05, 0) is 31.2 Å². The van der Waals surface area contributed by atoms with Crippen LogP contribution in [0.5, 0.6) is 17.2 Å². The second kappa shape index (κ2) is 10.2. The van der Waals surface area contributed by atoms with Crippen molar-refractivity contribution in [1.82, 2.24) is 5.32 Å². The number of carbonyl (C=O) groups is 2. The number of benzene rings is 2. The molecule has 0 saturated carbocycles. The molecule has 31 heavy (non-hydrogen) atoms. The predicted molar refractivity (Wildman–Crippen MR) is 117 cm³/mol. The van der Waals surface area contributed by atoms with Crippen LogP contribution >= 0.6 is 0 Å². The number of ketones is 1. The maximum Gasteiger partial charge on any atom is 0.241 e. The number of nitrogens with one attached hydrogen (secondary N) is 1. The van der Waals surface area contributed by atoms with Gasteiger partial charge in [0.05, 0.1) is 33.3 Å². The second-order valence-corrected chi connectivity index (χ2v) is 8.55. The molecule has 1 N–H and O–H groups in total. The molecule has 0 aliphatic heterocycles. The van der Waals surface area contributed by atoms with E-state index in [1.165, 1.54) is 40.4 Å². The van der Waals surface area contributed by atoms with E-state index in [9.17, 15) is 18.0 Å². The lowest BCUT2D eigenvalue weighted by Crippen LogP contribution is -2.40. The zero-order valence-corrected chi connectivity index (χ0v) is 18.9. The van der Waals surface area contributed by atoms with Crippen LogP contribution in [-0.2, 0) is 21.4 Å². The molecule has 2 aromatic rings. The number of anilines is 1. The maximum atomic E-state index is 12.6. The van der Waals surface area contributed by atoms with Crippen molar-refractivity contribution in [3.05, 3.63) is 47.5 Å². The highest BCUT2D eigenvalue weighted by Crippen LogP contribution is 2.39. The summed E-state index contributed by atoms with van der Waals surface area (Å²) in [5.41, 5.74) is 1.20. The quantitative estimate of drug-likeness (QED) is 0.551. The lowest BCUT2D eigenvalue weighted by Gasteiger charge is -2.22. The van der Waals surface area contributed by atoms with Crippen LogP contribution in [0.4, 0.5) is 5.69 Å². The molecule has 0 fully saturated rings. The van der Waals surface area contributed by atoms with Crippen LogP contribution < -0.4 is 23.8 Å². The number of carbonyl (C=O) groups excluding carboxylic acids is 2. The van der Waals surface area contributed by atoms with E-state index in [-0.39, 0.29) is 18.0 Å². The molecule has 0 saturated heterocycles. The lowest BCUT2D eigenvalue weighted by atomic mass is 10.1. The molecule has 0 unspecified atom stereocenters. The minimum atomic E-state index is -3.77. The first-order valence-corrected chi connectivity index (χ1v) is 11.1. The standard InChI is InChI=1S/C21H26N2O7S/c1-14(24)15-7-6-8-17(11-15)23(31(5,26)27)13-19(25)22-12-16-9-10-18(28-2)21(30-4)20(16)29-3/h6-11H,12-13H2,1-5H3,(H,22,25). The van der Waals surface area contributed by atoms with Crippen LogP contribution in [0.2, 0.25) is 0 Å². The number of methoxy groups -OCH3 is 3. The average molecular weight is 451 g/mol. The highest BCUT2D eigenvalue weighted by Gasteiger charge is 2.22. The van der Waals surface area contributed by atoms with Crippen LogP contribution in [0.3, 0.4) is 0 Å². The molecule has 0 aliphatic carbocycles. The smallest absolute Gasteiger partial charge is 0.241 e. The van der Waals surface area contributed by atoms with Gasteiger partial charge in [-0.1, -0.05) is 12.1 Å². The summed E-state index contributed by atoms with van der Waals surface area (Å²) in [5.74, 6) is 0.519. The fourth-order valence-electron chi connectivity index (χ4n) is 2.96. The first kappa shape index (κ1) is 24.0. The topological polar surface area (TPSA) is 111 Å². The van der Waals surface area contributed by atoms with E-state index in [0.717, 1.165) is 10.6 Å². The predicted octanol–water partition coefficient (Wildman–Crippen LogP) is 2.00. The Morgan fingerprint density at radius 2 is 1.68 bits per heavy atom. The van der Waals surface area contributed by atoms with E-state index < -0.39 is 22.5 Å². The lowest BCUT2D eigenvalue weighted by molar-refractivity contribution is -0.119. The molecule has 2 rings (SSSR count). The normalized spacial score (nSPS) is 10.9. The van der Waals surface area contributed by atoms with E-state index >= 15 is 0 Å². The van der Waals surface area contributed by atoms with Crippen molar-refractivity contribution >= 4 is 27.4 Å². The molecule has 9 nitrogen and oxygen atoms in total. The Bertz CT molecular complexity index is 1070. The fraction of sp³-hybridized carbons (Fsp3) is 0.333. The first-order chi connectivity index (χ1) is 14.6. The molecular formula is C21H26N2O7S. The number of hydrogen-bond acceptors (Lipinski definition) is 7. The maximum absolute atomic E-state index is 12.6. The zero-order chi connectivity index (χ0) is 23.2. The molecule has 0 bridgehead atoms. The van der Waals surface area contributed by atoms with Crippen LogP contribution in [0.15, 0.2) is 36.4 Å². The van der Waals surface area contributed by atoms with Gasteiger partial charge in [0.1, 0.15) is 6.54 Å². The number of amides is 1. The third kappa shape index (κ3) is 5.88. The number of Topliss-reactive ketones (excluding diaryl/α,β-unsaturated/α-hetero) is 1. The highest BCUT2D eigenvalue weighted by atomic mass is 32.2. The van der Waals surface area contributed by atoms with Gasteiger partial charge in [-0.25, -0.2) is 8.42 Å².